The van der Waals surface area contributed by atoms with Gasteiger partial charge in [0, 0.05) is 55.2 Å². The van der Waals surface area contributed by atoms with Gasteiger partial charge in [0.05, 0.1) is 12.1 Å². The van der Waals surface area contributed by atoms with Gasteiger partial charge in [-0.3, -0.25) is 9.20 Å². The molecule has 3 aromatic heterocycles. The number of amides is 1. The number of carbonyl (C=O) groups excluding carboxylic acids is 1. The molecular weight excluding hydrogens is 406 g/mol. The third-order valence-corrected chi connectivity index (χ3v) is 6.77. The van der Waals surface area contributed by atoms with Crippen molar-refractivity contribution >= 4 is 28.0 Å². The van der Waals surface area contributed by atoms with Crippen molar-refractivity contribution < 1.29 is 4.79 Å². The van der Waals surface area contributed by atoms with Gasteiger partial charge in [0.25, 0.3) is 0 Å². The first-order valence-electron chi connectivity index (χ1n) is 10.7. The Bertz CT molecular complexity index is 1170. The van der Waals surface area contributed by atoms with Crippen LogP contribution in [0.3, 0.4) is 0 Å². The number of benzene rings is 1. The zero-order chi connectivity index (χ0) is 21.2. The van der Waals surface area contributed by atoms with Crippen molar-refractivity contribution in [1.82, 2.24) is 19.3 Å². The van der Waals surface area contributed by atoms with Crippen molar-refractivity contribution in [2.75, 3.05) is 31.1 Å². The maximum atomic E-state index is 13.0. The lowest BCUT2D eigenvalue weighted by atomic mass is 10.1. The number of rotatable bonds is 5. The fraction of sp³-hybridized carbons (Fsp3) is 0.292. The number of fused-ring (bicyclic) bond motifs is 1. The van der Waals surface area contributed by atoms with Crippen LogP contribution in [0.15, 0.2) is 60.2 Å². The summed E-state index contributed by atoms with van der Waals surface area (Å²) in [7, 11) is 0. The molecule has 1 amide bonds. The summed E-state index contributed by atoms with van der Waals surface area (Å²) in [6, 6.07) is 14.5. The third-order valence-electron chi connectivity index (χ3n) is 5.88. The van der Waals surface area contributed by atoms with Gasteiger partial charge in [-0.1, -0.05) is 37.3 Å². The lowest BCUT2D eigenvalue weighted by Crippen LogP contribution is -2.49. The summed E-state index contributed by atoms with van der Waals surface area (Å²) >= 11 is 1.59. The Hall–Kier alpha value is -3.19. The van der Waals surface area contributed by atoms with E-state index < -0.39 is 0 Å². The Labute approximate surface area is 185 Å². The van der Waals surface area contributed by atoms with E-state index in [-0.39, 0.29) is 5.91 Å². The van der Waals surface area contributed by atoms with Gasteiger partial charge in [-0.05, 0) is 24.1 Å². The maximum Gasteiger partial charge on any atom is 0.228 e. The highest BCUT2D eigenvalue weighted by atomic mass is 32.1. The molecule has 1 saturated heterocycles. The van der Waals surface area contributed by atoms with Crippen LogP contribution in [0.2, 0.25) is 0 Å². The largest absolute Gasteiger partial charge is 0.353 e. The molecule has 31 heavy (non-hydrogen) atoms. The van der Waals surface area contributed by atoms with Gasteiger partial charge >= 0.3 is 0 Å². The van der Waals surface area contributed by atoms with Crippen LogP contribution in [0.1, 0.15) is 18.2 Å². The molecule has 0 spiro atoms. The van der Waals surface area contributed by atoms with E-state index in [2.05, 4.69) is 51.7 Å². The Kier molecular flexibility index (Phi) is 5.42. The minimum atomic E-state index is 0.169. The number of piperazine rings is 1. The molecule has 0 N–H and O–H groups in total. The van der Waals surface area contributed by atoms with Crippen molar-refractivity contribution in [2.24, 2.45) is 0 Å². The van der Waals surface area contributed by atoms with Crippen LogP contribution in [0.5, 0.6) is 0 Å². The van der Waals surface area contributed by atoms with Gasteiger partial charge in [-0.2, -0.15) is 0 Å². The molecule has 1 aliphatic rings. The standard InChI is InChI=1S/C24H25N5OS/c1-2-18-6-8-19(9-7-18)21-16-29-20(17-31-24(29)26-21)15-23(30)28-13-11-27(12-14-28)22-5-3-4-10-25-22/h3-10,16-17H,2,11-15H2,1H3. The summed E-state index contributed by atoms with van der Waals surface area (Å²) in [4.78, 5) is 27.3. The number of imidazole rings is 1. The number of thiazole rings is 1. The normalized spacial score (nSPS) is 14.4. The number of aromatic nitrogens is 3. The second kappa shape index (κ2) is 8.51. The van der Waals surface area contributed by atoms with E-state index >= 15 is 0 Å². The Morgan fingerprint density at radius 2 is 1.87 bits per heavy atom. The van der Waals surface area contributed by atoms with E-state index in [1.165, 1.54) is 5.56 Å². The summed E-state index contributed by atoms with van der Waals surface area (Å²) < 4.78 is 2.07. The lowest BCUT2D eigenvalue weighted by molar-refractivity contribution is -0.130. The maximum absolute atomic E-state index is 13.0. The molecule has 0 radical (unpaired) electrons. The second-order valence-corrected chi connectivity index (χ2v) is 8.63. The molecule has 4 heterocycles. The van der Waals surface area contributed by atoms with Crippen molar-refractivity contribution in [3.63, 3.8) is 0 Å². The molecular formula is C24H25N5OS. The zero-order valence-electron chi connectivity index (χ0n) is 17.6. The van der Waals surface area contributed by atoms with Crippen LogP contribution in [-0.4, -0.2) is 51.4 Å². The fourth-order valence-corrected chi connectivity index (χ4v) is 4.87. The van der Waals surface area contributed by atoms with Crippen LogP contribution in [0, 0.1) is 0 Å². The molecule has 0 unspecified atom stereocenters. The van der Waals surface area contributed by atoms with Crippen molar-refractivity contribution in [3.05, 3.63) is 71.5 Å². The molecule has 1 aliphatic heterocycles. The van der Waals surface area contributed by atoms with Crippen LogP contribution in [0.25, 0.3) is 16.2 Å². The average Bonchev–Trinajstić information content (AvgIpc) is 3.42. The zero-order valence-corrected chi connectivity index (χ0v) is 18.4. The number of aryl methyl sites for hydroxylation is 1. The van der Waals surface area contributed by atoms with Gasteiger partial charge in [0.15, 0.2) is 4.96 Å². The van der Waals surface area contributed by atoms with Crippen molar-refractivity contribution in [1.29, 1.82) is 0 Å². The number of hydrogen-bond donors (Lipinski definition) is 0. The molecule has 0 bridgehead atoms. The highest BCUT2D eigenvalue weighted by Crippen LogP contribution is 2.25. The molecule has 4 aromatic rings. The number of nitrogens with zero attached hydrogens (tertiary/aromatic N) is 5. The minimum absolute atomic E-state index is 0.169. The summed E-state index contributed by atoms with van der Waals surface area (Å²) in [5.41, 5.74) is 4.38. The second-order valence-electron chi connectivity index (χ2n) is 7.79. The Morgan fingerprint density at radius 3 is 2.58 bits per heavy atom. The number of hydrogen-bond acceptors (Lipinski definition) is 5. The third kappa shape index (κ3) is 4.05. The van der Waals surface area contributed by atoms with Crippen LogP contribution < -0.4 is 4.90 Å². The van der Waals surface area contributed by atoms with E-state index in [1.807, 2.05) is 34.7 Å². The first-order chi connectivity index (χ1) is 15.2. The molecule has 5 rings (SSSR count). The lowest BCUT2D eigenvalue weighted by Gasteiger charge is -2.35. The van der Waals surface area contributed by atoms with Gasteiger partial charge in [0.1, 0.15) is 5.82 Å². The van der Waals surface area contributed by atoms with Crippen LogP contribution >= 0.6 is 11.3 Å². The smallest absolute Gasteiger partial charge is 0.228 e. The number of carbonyl (C=O) groups is 1. The van der Waals surface area contributed by atoms with Gasteiger partial charge in [-0.25, -0.2) is 9.97 Å². The van der Waals surface area contributed by atoms with Gasteiger partial charge < -0.3 is 9.80 Å². The first-order valence-corrected chi connectivity index (χ1v) is 11.6. The Morgan fingerprint density at radius 1 is 1.06 bits per heavy atom. The van der Waals surface area contributed by atoms with Gasteiger partial charge in [-0.15, -0.1) is 11.3 Å². The fourth-order valence-electron chi connectivity index (χ4n) is 4.00. The quantitative estimate of drug-likeness (QED) is 0.481. The van der Waals surface area contributed by atoms with Crippen LogP contribution in [0.4, 0.5) is 5.82 Å². The molecule has 6 nitrogen and oxygen atoms in total. The summed E-state index contributed by atoms with van der Waals surface area (Å²) in [6.07, 6.45) is 5.29. The molecule has 7 heteroatoms. The summed E-state index contributed by atoms with van der Waals surface area (Å²) in [6.45, 7) is 5.22. The first kappa shape index (κ1) is 19.8. The van der Waals surface area contributed by atoms with Gasteiger partial charge in [0.2, 0.25) is 5.91 Å². The summed E-state index contributed by atoms with van der Waals surface area (Å²) in [5, 5.41) is 2.05. The predicted molar refractivity (Wildman–Crippen MR) is 125 cm³/mol. The van der Waals surface area contributed by atoms with E-state index in [0.717, 1.165) is 60.3 Å². The summed E-state index contributed by atoms with van der Waals surface area (Å²) in [5.74, 6) is 1.15. The van der Waals surface area contributed by atoms with E-state index in [9.17, 15) is 4.79 Å². The molecule has 1 fully saturated rings. The molecule has 0 aliphatic carbocycles. The SMILES string of the molecule is CCc1ccc(-c2cn3c(CC(=O)N4CCN(c5ccccn5)CC4)csc3n2)cc1. The topological polar surface area (TPSA) is 53.7 Å². The van der Waals surface area contributed by atoms with E-state index in [1.54, 1.807) is 11.3 Å². The average molecular weight is 432 g/mol. The predicted octanol–water partition coefficient (Wildman–Crippen LogP) is 3.91. The molecule has 158 valence electrons. The molecule has 0 saturated carbocycles. The van der Waals surface area contributed by atoms with Crippen molar-refractivity contribution in [2.45, 2.75) is 19.8 Å². The minimum Gasteiger partial charge on any atom is -0.353 e. The van der Waals surface area contributed by atoms with Crippen LogP contribution in [-0.2, 0) is 17.6 Å². The van der Waals surface area contributed by atoms with Crippen molar-refractivity contribution in [3.8, 4) is 11.3 Å². The monoisotopic (exact) mass is 431 g/mol. The Balaban J connectivity index is 1.26. The highest BCUT2D eigenvalue weighted by Gasteiger charge is 2.23. The van der Waals surface area contributed by atoms with E-state index in [4.69, 9.17) is 4.98 Å². The molecule has 0 atom stereocenters. The van der Waals surface area contributed by atoms with E-state index in [0.29, 0.717) is 6.42 Å². The molecule has 1 aromatic carbocycles. The highest BCUT2D eigenvalue weighted by molar-refractivity contribution is 7.15. The number of pyridine rings is 1. The number of anilines is 1.